The zero-order valence-corrected chi connectivity index (χ0v) is 17.1. The zero-order chi connectivity index (χ0) is 18.5. The normalized spacial score (nSPS) is 16.3. The molecular weight excluding hydrogens is 368 g/mol. The first kappa shape index (κ1) is 19.5. The average Bonchev–Trinajstić information content (AvgIpc) is 2.97. The number of nitrogens with zero attached hydrogens (tertiary/aromatic N) is 3. The Kier molecular flexibility index (Phi) is 6.84. The van der Waals surface area contributed by atoms with E-state index in [4.69, 9.17) is 11.6 Å². The molecule has 0 atom stereocenters. The third-order valence-corrected chi connectivity index (χ3v) is 6.07. The van der Waals surface area contributed by atoms with E-state index in [1.807, 2.05) is 18.2 Å². The number of likely N-dealkylation sites (tertiary alicyclic amines) is 1. The fourth-order valence-electron chi connectivity index (χ4n) is 3.42. The first-order valence-electron chi connectivity index (χ1n) is 9.41. The Hall–Kier alpha value is -1.24. The topological polar surface area (TPSA) is 50.2 Å². The number of carbonyl (C=O) groups is 1. The number of fused-ring (bicyclic) bond motifs is 1. The van der Waals surface area contributed by atoms with E-state index in [0.717, 1.165) is 61.6 Å². The van der Waals surface area contributed by atoms with Gasteiger partial charge in [-0.05, 0) is 44.0 Å². The smallest absolute Gasteiger partial charge is 0.230 e. The molecule has 0 aliphatic carbocycles. The molecule has 7 heteroatoms. The minimum atomic E-state index is 0.0954. The molecule has 0 saturated carbocycles. The van der Waals surface area contributed by atoms with Gasteiger partial charge in [0, 0.05) is 30.7 Å². The van der Waals surface area contributed by atoms with Gasteiger partial charge in [0.15, 0.2) is 5.16 Å². The van der Waals surface area contributed by atoms with Gasteiger partial charge in [0.05, 0.1) is 16.8 Å². The molecule has 2 aromatic rings. The van der Waals surface area contributed by atoms with Crippen molar-refractivity contribution in [2.24, 2.45) is 0 Å². The van der Waals surface area contributed by atoms with E-state index in [2.05, 4.69) is 33.6 Å². The summed E-state index contributed by atoms with van der Waals surface area (Å²) in [6, 6.07) is 6.08. The molecule has 0 bridgehead atoms. The van der Waals surface area contributed by atoms with Crippen LogP contribution in [0.4, 0.5) is 0 Å². The van der Waals surface area contributed by atoms with Gasteiger partial charge in [0.1, 0.15) is 0 Å². The van der Waals surface area contributed by atoms with E-state index in [0.29, 0.717) is 16.8 Å². The molecule has 0 spiro atoms. The molecule has 26 heavy (non-hydrogen) atoms. The molecule has 1 aliphatic rings. The van der Waals surface area contributed by atoms with Gasteiger partial charge in [0.2, 0.25) is 5.91 Å². The third kappa shape index (κ3) is 4.72. The first-order valence-corrected chi connectivity index (χ1v) is 10.8. The van der Waals surface area contributed by atoms with Crippen molar-refractivity contribution in [1.29, 1.82) is 0 Å². The van der Waals surface area contributed by atoms with Crippen LogP contribution in [0.15, 0.2) is 23.4 Å². The molecule has 1 aliphatic heterocycles. The third-order valence-electron chi connectivity index (χ3n) is 4.85. The highest BCUT2D eigenvalue weighted by atomic mass is 35.5. The van der Waals surface area contributed by atoms with Crippen LogP contribution < -0.4 is 5.32 Å². The number of amides is 1. The second-order valence-electron chi connectivity index (χ2n) is 6.74. The number of thioether (sulfide) groups is 1. The van der Waals surface area contributed by atoms with Crippen LogP contribution >= 0.6 is 23.4 Å². The molecule has 1 aromatic carbocycles. The Morgan fingerprint density at radius 3 is 2.81 bits per heavy atom. The average molecular weight is 395 g/mol. The minimum Gasteiger partial charge on any atom is -0.353 e. The molecule has 0 unspecified atom stereocenters. The first-order chi connectivity index (χ1) is 12.6. The molecule has 1 N–H and O–H groups in total. The standard InChI is InChI=1S/C19H27ClN4OS/c1-3-9-24-17-6-5-14(20)12-16(17)22-19(24)26-13-18(25)21-15-7-10-23(4-2)11-8-15/h5-6,12,15H,3-4,7-11,13H2,1-2H3,(H,21,25). The fraction of sp³-hybridized carbons (Fsp3) is 0.579. The lowest BCUT2D eigenvalue weighted by atomic mass is 10.1. The molecule has 3 rings (SSSR count). The van der Waals surface area contributed by atoms with Crippen LogP contribution in [-0.2, 0) is 11.3 Å². The maximum Gasteiger partial charge on any atom is 0.230 e. The predicted octanol–water partition coefficient (Wildman–Crippen LogP) is 3.79. The Labute approximate surface area is 164 Å². The molecule has 1 fully saturated rings. The summed E-state index contributed by atoms with van der Waals surface area (Å²) in [5, 5.41) is 4.76. The largest absolute Gasteiger partial charge is 0.353 e. The maximum absolute atomic E-state index is 12.4. The number of aromatic nitrogens is 2. The molecule has 0 radical (unpaired) electrons. The van der Waals surface area contributed by atoms with Crippen molar-refractivity contribution in [2.75, 3.05) is 25.4 Å². The summed E-state index contributed by atoms with van der Waals surface area (Å²) in [4.78, 5) is 19.5. The van der Waals surface area contributed by atoms with Crippen molar-refractivity contribution in [3.63, 3.8) is 0 Å². The van der Waals surface area contributed by atoms with E-state index in [1.165, 1.54) is 11.8 Å². The molecule has 2 heterocycles. The Morgan fingerprint density at radius 1 is 1.35 bits per heavy atom. The van der Waals surface area contributed by atoms with Gasteiger partial charge in [-0.15, -0.1) is 0 Å². The number of halogens is 1. The summed E-state index contributed by atoms with van der Waals surface area (Å²) in [6.07, 6.45) is 3.10. The van der Waals surface area contributed by atoms with Crippen molar-refractivity contribution in [3.05, 3.63) is 23.2 Å². The van der Waals surface area contributed by atoms with Gasteiger partial charge >= 0.3 is 0 Å². The highest BCUT2D eigenvalue weighted by molar-refractivity contribution is 7.99. The highest BCUT2D eigenvalue weighted by Gasteiger charge is 2.20. The lowest BCUT2D eigenvalue weighted by molar-refractivity contribution is -0.119. The van der Waals surface area contributed by atoms with Crippen molar-refractivity contribution >= 4 is 40.3 Å². The van der Waals surface area contributed by atoms with Gasteiger partial charge in [-0.2, -0.15) is 0 Å². The van der Waals surface area contributed by atoms with Crippen LogP contribution in [0.25, 0.3) is 11.0 Å². The summed E-state index contributed by atoms with van der Waals surface area (Å²) in [5.41, 5.74) is 1.96. The van der Waals surface area contributed by atoms with Crippen LogP contribution in [0.1, 0.15) is 33.1 Å². The van der Waals surface area contributed by atoms with Crippen molar-refractivity contribution in [3.8, 4) is 0 Å². The van der Waals surface area contributed by atoms with Gasteiger partial charge in [-0.3, -0.25) is 4.79 Å². The predicted molar refractivity (Wildman–Crippen MR) is 109 cm³/mol. The number of rotatable bonds is 7. The lowest BCUT2D eigenvalue weighted by Crippen LogP contribution is -2.45. The summed E-state index contributed by atoms with van der Waals surface area (Å²) in [6.45, 7) is 8.45. The van der Waals surface area contributed by atoms with Gasteiger partial charge < -0.3 is 14.8 Å². The SMILES string of the molecule is CCCn1c(SCC(=O)NC2CCN(CC)CC2)nc2cc(Cl)ccc21. The molecule has 5 nitrogen and oxygen atoms in total. The van der Waals surface area contributed by atoms with E-state index in [-0.39, 0.29) is 5.91 Å². The van der Waals surface area contributed by atoms with Crippen LogP contribution in [0, 0.1) is 0 Å². The number of imidazole rings is 1. The van der Waals surface area contributed by atoms with E-state index in [9.17, 15) is 4.79 Å². The van der Waals surface area contributed by atoms with Crippen molar-refractivity contribution in [1.82, 2.24) is 19.8 Å². The molecule has 142 valence electrons. The Bertz CT molecular complexity index is 755. The van der Waals surface area contributed by atoms with Crippen molar-refractivity contribution in [2.45, 2.75) is 50.9 Å². The second-order valence-corrected chi connectivity index (χ2v) is 8.12. The molecular formula is C19H27ClN4OS. The van der Waals surface area contributed by atoms with Crippen molar-refractivity contribution < 1.29 is 4.79 Å². The number of hydrogen-bond acceptors (Lipinski definition) is 4. The minimum absolute atomic E-state index is 0.0954. The van der Waals surface area contributed by atoms with E-state index < -0.39 is 0 Å². The quantitative estimate of drug-likeness (QED) is 0.726. The fourth-order valence-corrected chi connectivity index (χ4v) is 4.44. The number of carbonyl (C=O) groups excluding carboxylic acids is 1. The van der Waals surface area contributed by atoms with Crippen LogP contribution in [0.3, 0.4) is 0 Å². The summed E-state index contributed by atoms with van der Waals surface area (Å²) in [5.74, 6) is 0.493. The van der Waals surface area contributed by atoms with Gasteiger partial charge in [-0.25, -0.2) is 4.98 Å². The monoisotopic (exact) mass is 394 g/mol. The Morgan fingerprint density at radius 2 is 2.12 bits per heavy atom. The van der Waals surface area contributed by atoms with Crippen LogP contribution in [0.5, 0.6) is 0 Å². The summed E-state index contributed by atoms with van der Waals surface area (Å²) >= 11 is 7.60. The second kappa shape index (κ2) is 9.11. The van der Waals surface area contributed by atoms with Crippen LogP contribution in [0.2, 0.25) is 5.02 Å². The Balaban J connectivity index is 1.60. The number of nitrogens with one attached hydrogen (secondary N) is 1. The lowest BCUT2D eigenvalue weighted by Gasteiger charge is -2.31. The summed E-state index contributed by atoms with van der Waals surface area (Å²) in [7, 11) is 0. The van der Waals surface area contributed by atoms with E-state index in [1.54, 1.807) is 0 Å². The number of benzene rings is 1. The van der Waals surface area contributed by atoms with Crippen LogP contribution in [-0.4, -0.2) is 51.8 Å². The molecule has 1 aromatic heterocycles. The van der Waals surface area contributed by atoms with Gasteiger partial charge in [0.25, 0.3) is 0 Å². The maximum atomic E-state index is 12.4. The zero-order valence-electron chi connectivity index (χ0n) is 15.5. The number of piperidine rings is 1. The van der Waals surface area contributed by atoms with Gasteiger partial charge in [-0.1, -0.05) is 37.2 Å². The molecule has 1 amide bonds. The molecule has 1 saturated heterocycles. The van der Waals surface area contributed by atoms with E-state index >= 15 is 0 Å². The number of aryl methyl sites for hydroxylation is 1. The highest BCUT2D eigenvalue weighted by Crippen LogP contribution is 2.26. The number of hydrogen-bond donors (Lipinski definition) is 1. The summed E-state index contributed by atoms with van der Waals surface area (Å²) < 4.78 is 2.18.